The van der Waals surface area contributed by atoms with Crippen molar-refractivity contribution in [3.63, 3.8) is 0 Å². The van der Waals surface area contributed by atoms with Crippen molar-refractivity contribution in [2.24, 2.45) is 5.73 Å². The van der Waals surface area contributed by atoms with Crippen LogP contribution in [0.25, 0.3) is 0 Å². The number of aromatic nitrogens is 1. The average molecular weight is 186 g/mol. The zero-order chi connectivity index (χ0) is 9.30. The van der Waals surface area contributed by atoms with E-state index in [9.17, 15) is 4.79 Å². The molecule has 1 aromatic heterocycles. The molecule has 0 saturated carbocycles. The van der Waals surface area contributed by atoms with Gasteiger partial charge >= 0.3 is 0 Å². The number of nitrogen functional groups attached to an aromatic ring is 1. The van der Waals surface area contributed by atoms with Crippen LogP contribution in [0.3, 0.4) is 0 Å². The highest BCUT2D eigenvalue weighted by atomic mass is 35.5. The van der Waals surface area contributed by atoms with E-state index in [2.05, 4.69) is 4.98 Å². The number of pyridine rings is 1. The number of halogens is 1. The summed E-state index contributed by atoms with van der Waals surface area (Å²) in [5, 5.41) is 0.284. The summed E-state index contributed by atoms with van der Waals surface area (Å²) in [6.45, 7) is 1.70. The Morgan fingerprint density at radius 1 is 1.67 bits per heavy atom. The molecule has 0 aliphatic heterocycles. The van der Waals surface area contributed by atoms with E-state index in [4.69, 9.17) is 23.1 Å². The molecule has 0 aliphatic rings. The fourth-order valence-electron chi connectivity index (χ4n) is 0.797. The first-order chi connectivity index (χ1) is 5.54. The van der Waals surface area contributed by atoms with Crippen LogP contribution in [-0.4, -0.2) is 10.9 Å². The normalized spacial score (nSPS) is 9.83. The maximum atomic E-state index is 10.7. The average Bonchev–Trinajstić information content (AvgIpc) is 2.00. The van der Waals surface area contributed by atoms with Gasteiger partial charge in [-0.05, 0) is 6.92 Å². The molecule has 0 aliphatic carbocycles. The summed E-state index contributed by atoms with van der Waals surface area (Å²) in [4.78, 5) is 14.6. The molecule has 0 bridgehead atoms. The summed E-state index contributed by atoms with van der Waals surface area (Å²) in [6, 6.07) is 0. The number of aryl methyl sites for hydroxylation is 1. The van der Waals surface area contributed by atoms with Crippen molar-refractivity contribution in [1.29, 1.82) is 0 Å². The molecule has 64 valence electrons. The van der Waals surface area contributed by atoms with Crippen LogP contribution < -0.4 is 11.5 Å². The molecule has 1 aromatic rings. The number of hydrogen-bond acceptors (Lipinski definition) is 3. The molecule has 4 N–H and O–H groups in total. The van der Waals surface area contributed by atoms with Gasteiger partial charge in [-0.15, -0.1) is 0 Å². The van der Waals surface area contributed by atoms with Gasteiger partial charge < -0.3 is 11.5 Å². The second kappa shape index (κ2) is 2.98. The van der Waals surface area contributed by atoms with Crippen LogP contribution in [-0.2, 0) is 0 Å². The van der Waals surface area contributed by atoms with Gasteiger partial charge in [0.2, 0.25) is 0 Å². The molecular weight excluding hydrogens is 178 g/mol. The largest absolute Gasteiger partial charge is 0.397 e. The van der Waals surface area contributed by atoms with Gasteiger partial charge in [0.25, 0.3) is 5.91 Å². The summed E-state index contributed by atoms with van der Waals surface area (Å²) in [5.74, 6) is -0.623. The third-order valence-corrected chi connectivity index (χ3v) is 1.97. The highest BCUT2D eigenvalue weighted by molar-refractivity contribution is 6.34. The summed E-state index contributed by atoms with van der Waals surface area (Å²) in [5.41, 5.74) is 11.5. The van der Waals surface area contributed by atoms with Crippen LogP contribution >= 0.6 is 11.6 Å². The number of rotatable bonds is 1. The first-order valence-electron chi connectivity index (χ1n) is 3.24. The van der Waals surface area contributed by atoms with E-state index in [1.807, 2.05) is 0 Å². The van der Waals surface area contributed by atoms with Gasteiger partial charge in [0, 0.05) is 6.20 Å². The van der Waals surface area contributed by atoms with Crippen molar-refractivity contribution >= 4 is 23.2 Å². The number of nitrogens with zero attached hydrogens (tertiary/aromatic N) is 1. The lowest BCUT2D eigenvalue weighted by Gasteiger charge is -2.04. The number of amides is 1. The van der Waals surface area contributed by atoms with Crippen LogP contribution in [0.15, 0.2) is 6.20 Å². The predicted octanol–water partition coefficient (Wildman–Crippen LogP) is 0.725. The molecule has 0 spiro atoms. The van der Waals surface area contributed by atoms with Crippen LogP contribution in [0.4, 0.5) is 5.69 Å². The maximum Gasteiger partial charge on any atom is 0.252 e. The van der Waals surface area contributed by atoms with E-state index >= 15 is 0 Å². The van der Waals surface area contributed by atoms with Crippen LogP contribution in [0, 0.1) is 6.92 Å². The minimum absolute atomic E-state index is 0.158. The lowest BCUT2D eigenvalue weighted by molar-refractivity contribution is 0.100. The lowest BCUT2D eigenvalue weighted by Crippen LogP contribution is -2.14. The molecule has 0 saturated heterocycles. The summed E-state index contributed by atoms with van der Waals surface area (Å²) < 4.78 is 0. The van der Waals surface area contributed by atoms with Gasteiger partial charge in [-0.3, -0.25) is 9.78 Å². The van der Waals surface area contributed by atoms with E-state index < -0.39 is 5.91 Å². The van der Waals surface area contributed by atoms with Gasteiger partial charge in [-0.25, -0.2) is 0 Å². The SMILES string of the molecule is Cc1ncc(C(N)=O)c(N)c1Cl. The Labute approximate surface area is 74.5 Å². The molecule has 5 heteroatoms. The molecule has 4 nitrogen and oxygen atoms in total. The Hall–Kier alpha value is -1.29. The Morgan fingerprint density at radius 2 is 2.25 bits per heavy atom. The number of nitrogens with two attached hydrogens (primary N) is 2. The van der Waals surface area contributed by atoms with E-state index in [1.54, 1.807) is 6.92 Å². The van der Waals surface area contributed by atoms with Crippen molar-refractivity contribution < 1.29 is 4.79 Å². The minimum Gasteiger partial charge on any atom is -0.397 e. The van der Waals surface area contributed by atoms with Gasteiger partial charge in [-0.1, -0.05) is 11.6 Å². The summed E-state index contributed by atoms with van der Waals surface area (Å²) in [7, 11) is 0. The van der Waals surface area contributed by atoms with Gasteiger partial charge in [-0.2, -0.15) is 0 Å². The number of carbonyl (C=O) groups is 1. The number of carbonyl (C=O) groups excluding carboxylic acids is 1. The topological polar surface area (TPSA) is 82.0 Å². The van der Waals surface area contributed by atoms with Crippen molar-refractivity contribution in [2.45, 2.75) is 6.92 Å². The van der Waals surface area contributed by atoms with E-state index in [0.717, 1.165) is 0 Å². The Morgan fingerprint density at radius 3 is 2.75 bits per heavy atom. The second-order valence-electron chi connectivity index (χ2n) is 2.35. The highest BCUT2D eigenvalue weighted by Crippen LogP contribution is 2.23. The van der Waals surface area contributed by atoms with E-state index in [0.29, 0.717) is 5.69 Å². The fraction of sp³-hybridized carbons (Fsp3) is 0.143. The molecule has 0 unspecified atom stereocenters. The van der Waals surface area contributed by atoms with Crippen molar-refractivity contribution in [3.8, 4) is 0 Å². The molecule has 12 heavy (non-hydrogen) atoms. The maximum absolute atomic E-state index is 10.7. The van der Waals surface area contributed by atoms with Crippen LogP contribution in [0.2, 0.25) is 5.02 Å². The number of anilines is 1. The molecule has 1 rings (SSSR count). The minimum atomic E-state index is -0.623. The van der Waals surface area contributed by atoms with E-state index in [1.165, 1.54) is 6.20 Å². The molecule has 0 aromatic carbocycles. The van der Waals surface area contributed by atoms with Crippen molar-refractivity contribution in [2.75, 3.05) is 5.73 Å². The van der Waals surface area contributed by atoms with Gasteiger partial charge in [0.15, 0.2) is 0 Å². The zero-order valence-electron chi connectivity index (χ0n) is 6.47. The molecule has 0 atom stereocenters. The van der Waals surface area contributed by atoms with E-state index in [-0.39, 0.29) is 16.3 Å². The quantitative estimate of drug-likeness (QED) is 0.677. The Balaban J connectivity index is 3.36. The monoisotopic (exact) mass is 185 g/mol. The van der Waals surface area contributed by atoms with Crippen molar-refractivity contribution in [1.82, 2.24) is 4.98 Å². The first kappa shape index (κ1) is 8.80. The Kier molecular flexibility index (Phi) is 2.19. The Bertz CT molecular complexity index is 338. The highest BCUT2D eigenvalue weighted by Gasteiger charge is 2.10. The van der Waals surface area contributed by atoms with Crippen LogP contribution in [0.5, 0.6) is 0 Å². The second-order valence-corrected chi connectivity index (χ2v) is 2.73. The van der Waals surface area contributed by atoms with Crippen molar-refractivity contribution in [3.05, 3.63) is 22.5 Å². The number of hydrogen-bond donors (Lipinski definition) is 2. The fourth-order valence-corrected chi connectivity index (χ4v) is 0.948. The molecular formula is C7H8ClN3O. The van der Waals surface area contributed by atoms with Gasteiger partial charge in [0.1, 0.15) is 0 Å². The summed E-state index contributed by atoms with van der Waals surface area (Å²) in [6.07, 6.45) is 1.32. The lowest BCUT2D eigenvalue weighted by atomic mass is 10.2. The molecule has 1 heterocycles. The zero-order valence-corrected chi connectivity index (χ0v) is 7.22. The molecule has 1 amide bonds. The standard InChI is InChI=1S/C7H8ClN3O/c1-3-5(8)6(9)4(2-11-3)7(10)12/h2H,1H3,(H2,9,11)(H2,10,12). The first-order valence-corrected chi connectivity index (χ1v) is 3.62. The smallest absolute Gasteiger partial charge is 0.252 e. The van der Waals surface area contributed by atoms with Gasteiger partial charge in [0.05, 0.1) is 22.0 Å². The van der Waals surface area contributed by atoms with Crippen LogP contribution in [0.1, 0.15) is 16.1 Å². The third-order valence-electron chi connectivity index (χ3n) is 1.50. The molecule has 0 fully saturated rings. The third kappa shape index (κ3) is 1.33. The summed E-state index contributed by atoms with van der Waals surface area (Å²) >= 11 is 5.73. The predicted molar refractivity (Wildman–Crippen MR) is 46.9 cm³/mol. The number of primary amides is 1. The molecule has 0 radical (unpaired) electrons.